The van der Waals surface area contributed by atoms with Crippen LogP contribution in [0.4, 0.5) is 0 Å². The molecule has 1 unspecified atom stereocenters. The number of hydrogen-bond donors (Lipinski definition) is 0. The lowest BCUT2D eigenvalue weighted by atomic mass is 9.86. The first kappa shape index (κ1) is 20.1. The molecule has 1 aromatic heterocycles. The van der Waals surface area contributed by atoms with Gasteiger partial charge in [0.1, 0.15) is 11.4 Å². The molecule has 0 aliphatic heterocycles. The number of aromatic nitrogens is 1. The zero-order chi connectivity index (χ0) is 18.3. The number of carbonyl (C=O) groups excluding carboxylic acids is 2. The van der Waals surface area contributed by atoms with Gasteiger partial charge >= 0.3 is 11.9 Å². The normalized spacial score (nSPS) is 12.8. The minimum atomic E-state index is -0.528. The maximum atomic E-state index is 12.1. The minimum Gasteiger partial charge on any atom is -0.461 e. The number of ether oxygens (including phenoxy) is 2. The van der Waals surface area contributed by atoms with Crippen molar-refractivity contribution in [1.82, 2.24) is 4.98 Å². The molecule has 0 aliphatic rings. The number of hydrogen-bond acceptors (Lipinski definition) is 5. The molecule has 0 radical (unpaired) electrons. The number of pyridine rings is 1. The van der Waals surface area contributed by atoms with Gasteiger partial charge in [-0.2, -0.15) is 0 Å². The van der Waals surface area contributed by atoms with Gasteiger partial charge in [-0.25, -0.2) is 14.6 Å². The average molecular weight is 335 g/mol. The van der Waals surface area contributed by atoms with Crippen molar-refractivity contribution in [2.45, 2.75) is 48.0 Å². The zero-order valence-corrected chi connectivity index (χ0v) is 15.6. The van der Waals surface area contributed by atoms with Crippen LogP contribution >= 0.6 is 0 Å². The van der Waals surface area contributed by atoms with Crippen LogP contribution in [0.15, 0.2) is 18.2 Å². The van der Waals surface area contributed by atoms with Crippen molar-refractivity contribution >= 4 is 11.9 Å². The average Bonchev–Trinajstić information content (AvgIpc) is 2.48. The van der Waals surface area contributed by atoms with E-state index in [1.165, 1.54) is 12.1 Å². The molecule has 0 bridgehead atoms. The molecule has 0 spiro atoms. The van der Waals surface area contributed by atoms with E-state index in [4.69, 9.17) is 9.47 Å². The van der Waals surface area contributed by atoms with E-state index in [0.717, 1.165) is 6.42 Å². The van der Waals surface area contributed by atoms with E-state index in [1.54, 1.807) is 6.07 Å². The molecule has 0 amide bonds. The quantitative estimate of drug-likeness (QED) is 0.701. The second-order valence-corrected chi connectivity index (χ2v) is 7.87. The summed E-state index contributed by atoms with van der Waals surface area (Å²) >= 11 is 0. The maximum Gasteiger partial charge on any atom is 0.356 e. The Labute approximate surface area is 144 Å². The van der Waals surface area contributed by atoms with Crippen LogP contribution in [-0.4, -0.2) is 30.1 Å². The molecule has 134 valence electrons. The molecule has 0 N–H and O–H groups in total. The molecule has 24 heavy (non-hydrogen) atoms. The summed E-state index contributed by atoms with van der Waals surface area (Å²) in [6, 6.07) is 4.67. The van der Waals surface area contributed by atoms with Gasteiger partial charge in [0.15, 0.2) is 0 Å². The maximum absolute atomic E-state index is 12.1. The van der Waals surface area contributed by atoms with Crippen LogP contribution in [0, 0.1) is 17.3 Å². The van der Waals surface area contributed by atoms with E-state index in [2.05, 4.69) is 25.8 Å². The van der Waals surface area contributed by atoms with Gasteiger partial charge in [0.2, 0.25) is 0 Å². The van der Waals surface area contributed by atoms with Crippen LogP contribution in [-0.2, 0) is 9.47 Å². The number of carbonyl (C=O) groups is 2. The van der Waals surface area contributed by atoms with Crippen LogP contribution in [0.1, 0.15) is 68.9 Å². The molecule has 0 aliphatic carbocycles. The Bertz CT molecular complexity index is 561. The highest BCUT2D eigenvalue weighted by Gasteiger charge is 2.19. The lowest BCUT2D eigenvalue weighted by Crippen LogP contribution is -2.19. The summed E-state index contributed by atoms with van der Waals surface area (Å²) in [7, 11) is 0. The van der Waals surface area contributed by atoms with Gasteiger partial charge in [-0.1, -0.05) is 47.6 Å². The van der Waals surface area contributed by atoms with Gasteiger partial charge < -0.3 is 9.47 Å². The molecule has 5 heteroatoms. The Hall–Kier alpha value is -1.91. The lowest BCUT2D eigenvalue weighted by Gasteiger charge is -2.22. The second-order valence-electron chi connectivity index (χ2n) is 7.87. The van der Waals surface area contributed by atoms with Gasteiger partial charge in [0.05, 0.1) is 13.2 Å². The van der Waals surface area contributed by atoms with Gasteiger partial charge in [-0.05, 0) is 35.8 Å². The van der Waals surface area contributed by atoms with Crippen molar-refractivity contribution < 1.29 is 19.1 Å². The lowest BCUT2D eigenvalue weighted by molar-refractivity contribution is 0.0411. The molecule has 0 saturated carbocycles. The third kappa shape index (κ3) is 7.57. The van der Waals surface area contributed by atoms with E-state index in [0.29, 0.717) is 13.2 Å². The molecular weight excluding hydrogens is 306 g/mol. The molecule has 0 saturated heterocycles. The summed E-state index contributed by atoms with van der Waals surface area (Å²) in [5.74, 6) is -0.548. The highest BCUT2D eigenvalue weighted by atomic mass is 16.5. The van der Waals surface area contributed by atoms with Crippen molar-refractivity contribution in [3.05, 3.63) is 29.6 Å². The number of rotatable bonds is 7. The minimum absolute atomic E-state index is 0.118. The molecule has 0 fully saturated rings. The molecule has 1 aromatic rings. The number of nitrogens with zero attached hydrogens (tertiary/aromatic N) is 1. The van der Waals surface area contributed by atoms with Gasteiger partial charge in [-0.15, -0.1) is 0 Å². The van der Waals surface area contributed by atoms with E-state index in [9.17, 15) is 9.59 Å². The fraction of sp³-hybridized carbons (Fsp3) is 0.632. The van der Waals surface area contributed by atoms with E-state index in [-0.39, 0.29) is 28.6 Å². The summed E-state index contributed by atoms with van der Waals surface area (Å²) < 4.78 is 10.4. The highest BCUT2D eigenvalue weighted by molar-refractivity contribution is 5.91. The Morgan fingerprint density at radius 3 is 1.96 bits per heavy atom. The molecule has 1 atom stereocenters. The van der Waals surface area contributed by atoms with E-state index >= 15 is 0 Å². The highest BCUT2D eigenvalue weighted by Crippen LogP contribution is 2.24. The topological polar surface area (TPSA) is 65.5 Å². The standard InChI is InChI=1S/C19H29NO4/c1-13(2)11-23-17(21)15-8-7-9-16(20-15)18(22)24-12-14(3)10-19(4,5)6/h7-9,13-14H,10-12H2,1-6H3. The van der Waals surface area contributed by atoms with Gasteiger partial charge in [0.25, 0.3) is 0 Å². The predicted octanol–water partition coefficient (Wildman–Crippen LogP) is 4.12. The summed E-state index contributed by atoms with van der Waals surface area (Å²) in [6.45, 7) is 13.1. The fourth-order valence-corrected chi connectivity index (χ4v) is 2.37. The Morgan fingerprint density at radius 2 is 1.50 bits per heavy atom. The molecule has 5 nitrogen and oxygen atoms in total. The second kappa shape index (κ2) is 8.81. The SMILES string of the molecule is CC(C)COC(=O)c1cccc(C(=O)OCC(C)CC(C)(C)C)n1. The monoisotopic (exact) mass is 335 g/mol. The third-order valence-corrected chi connectivity index (χ3v) is 3.17. The van der Waals surface area contributed by atoms with Crippen molar-refractivity contribution in [3.8, 4) is 0 Å². The van der Waals surface area contributed by atoms with Crippen LogP contribution in [0.3, 0.4) is 0 Å². The summed E-state index contributed by atoms with van der Waals surface area (Å²) in [5.41, 5.74) is 0.425. The van der Waals surface area contributed by atoms with Crippen LogP contribution in [0.5, 0.6) is 0 Å². The first-order chi connectivity index (χ1) is 11.1. The van der Waals surface area contributed by atoms with E-state index in [1.807, 2.05) is 20.8 Å². The Balaban J connectivity index is 2.62. The first-order valence-corrected chi connectivity index (χ1v) is 8.40. The summed E-state index contributed by atoms with van der Waals surface area (Å²) in [4.78, 5) is 28.1. The number of esters is 2. The Morgan fingerprint density at radius 1 is 1.00 bits per heavy atom. The predicted molar refractivity (Wildman–Crippen MR) is 92.9 cm³/mol. The zero-order valence-electron chi connectivity index (χ0n) is 15.6. The van der Waals surface area contributed by atoms with Gasteiger partial charge in [0, 0.05) is 0 Å². The molecular formula is C19H29NO4. The van der Waals surface area contributed by atoms with Crippen LogP contribution < -0.4 is 0 Å². The van der Waals surface area contributed by atoms with Crippen LogP contribution in [0.25, 0.3) is 0 Å². The van der Waals surface area contributed by atoms with Crippen LogP contribution in [0.2, 0.25) is 0 Å². The molecule has 1 rings (SSSR count). The van der Waals surface area contributed by atoms with E-state index < -0.39 is 11.9 Å². The summed E-state index contributed by atoms with van der Waals surface area (Å²) in [6.07, 6.45) is 0.954. The van der Waals surface area contributed by atoms with Crippen molar-refractivity contribution in [1.29, 1.82) is 0 Å². The molecule has 0 aromatic carbocycles. The van der Waals surface area contributed by atoms with Gasteiger partial charge in [-0.3, -0.25) is 0 Å². The third-order valence-electron chi connectivity index (χ3n) is 3.17. The molecule has 1 heterocycles. The largest absolute Gasteiger partial charge is 0.461 e. The Kier molecular flexibility index (Phi) is 7.39. The van der Waals surface area contributed by atoms with Crippen molar-refractivity contribution in [2.75, 3.05) is 13.2 Å². The van der Waals surface area contributed by atoms with Crippen molar-refractivity contribution in [2.24, 2.45) is 17.3 Å². The first-order valence-electron chi connectivity index (χ1n) is 8.40. The van der Waals surface area contributed by atoms with Crippen molar-refractivity contribution in [3.63, 3.8) is 0 Å². The fourth-order valence-electron chi connectivity index (χ4n) is 2.37. The summed E-state index contributed by atoms with van der Waals surface area (Å²) in [5, 5.41) is 0. The smallest absolute Gasteiger partial charge is 0.356 e.